The Kier molecular flexibility index (Phi) is 3.25. The highest BCUT2D eigenvalue weighted by Gasteiger charge is 2.49. The Hall–Kier alpha value is -2.10. The second-order valence-corrected chi connectivity index (χ2v) is 6.29. The number of hydrogen-bond donors (Lipinski definition) is 0. The molecule has 0 saturated heterocycles. The van der Waals surface area contributed by atoms with Gasteiger partial charge in [-0.05, 0) is 49.1 Å². The lowest BCUT2D eigenvalue weighted by Crippen LogP contribution is -2.34. The first kappa shape index (κ1) is 13.6. The maximum atomic E-state index is 13.3. The zero-order chi connectivity index (χ0) is 15.1. The Morgan fingerprint density at radius 2 is 2.14 bits per heavy atom. The number of halogens is 1. The molecule has 4 rings (SSSR count). The van der Waals surface area contributed by atoms with E-state index < -0.39 is 0 Å². The number of carbonyl (C=O) groups excluding carboxylic acids is 1. The molecule has 0 bridgehead atoms. The van der Waals surface area contributed by atoms with Crippen LogP contribution in [0.4, 0.5) is 4.39 Å². The van der Waals surface area contributed by atoms with E-state index in [1.165, 1.54) is 12.1 Å². The average Bonchev–Trinajstić information content (AvgIpc) is 3.44. The first-order valence-electron chi connectivity index (χ1n) is 7.80. The normalized spacial score (nSPS) is 23.3. The van der Waals surface area contributed by atoms with Crippen LogP contribution in [0.5, 0.6) is 0 Å². The number of amides is 1. The summed E-state index contributed by atoms with van der Waals surface area (Å²) in [5.74, 6) is 1.09. The van der Waals surface area contributed by atoms with Gasteiger partial charge in [0.2, 0.25) is 5.91 Å². The minimum absolute atomic E-state index is 0.0281. The van der Waals surface area contributed by atoms with Crippen molar-refractivity contribution < 1.29 is 13.6 Å². The highest BCUT2D eigenvalue weighted by molar-refractivity contribution is 5.83. The number of carbonyl (C=O) groups is 1. The Balaban J connectivity index is 1.47. The lowest BCUT2D eigenvalue weighted by molar-refractivity contribution is -0.134. The SMILES string of the molecule is O=C(C1CC1c1ccco1)N(Cc1cccc(F)c1)C1CC1. The van der Waals surface area contributed by atoms with E-state index in [0.29, 0.717) is 12.6 Å². The van der Waals surface area contributed by atoms with Gasteiger partial charge in [-0.15, -0.1) is 0 Å². The van der Waals surface area contributed by atoms with E-state index in [2.05, 4.69) is 0 Å². The van der Waals surface area contributed by atoms with Crippen molar-refractivity contribution in [3.63, 3.8) is 0 Å². The Labute approximate surface area is 128 Å². The van der Waals surface area contributed by atoms with Gasteiger partial charge in [0.15, 0.2) is 0 Å². The highest BCUT2D eigenvalue weighted by Crippen LogP contribution is 2.49. The standard InChI is InChI=1S/C18H18FNO2/c19-13-4-1-3-12(9-13)11-20(14-6-7-14)18(21)16-10-15(16)17-5-2-8-22-17/h1-5,8-9,14-16H,6-7,10-11H2. The summed E-state index contributed by atoms with van der Waals surface area (Å²) in [4.78, 5) is 14.7. The van der Waals surface area contributed by atoms with E-state index in [9.17, 15) is 9.18 Å². The van der Waals surface area contributed by atoms with Crippen molar-refractivity contribution in [2.75, 3.05) is 0 Å². The molecule has 1 amide bonds. The molecule has 2 unspecified atom stereocenters. The number of hydrogen-bond acceptors (Lipinski definition) is 2. The van der Waals surface area contributed by atoms with Gasteiger partial charge in [0.1, 0.15) is 11.6 Å². The zero-order valence-electron chi connectivity index (χ0n) is 12.2. The van der Waals surface area contributed by atoms with E-state index in [1.807, 2.05) is 23.1 Å². The summed E-state index contributed by atoms with van der Waals surface area (Å²) in [7, 11) is 0. The molecule has 1 aromatic carbocycles. The van der Waals surface area contributed by atoms with E-state index in [4.69, 9.17) is 4.42 Å². The maximum Gasteiger partial charge on any atom is 0.226 e. The van der Waals surface area contributed by atoms with Crippen LogP contribution < -0.4 is 0 Å². The zero-order valence-corrected chi connectivity index (χ0v) is 12.2. The fourth-order valence-electron chi connectivity index (χ4n) is 3.10. The largest absolute Gasteiger partial charge is 0.469 e. The molecule has 2 saturated carbocycles. The highest BCUT2D eigenvalue weighted by atomic mass is 19.1. The molecule has 0 aliphatic heterocycles. The molecule has 2 fully saturated rings. The molecule has 1 heterocycles. The molecule has 2 aromatic rings. The van der Waals surface area contributed by atoms with Crippen molar-refractivity contribution in [2.24, 2.45) is 5.92 Å². The molecule has 4 heteroatoms. The summed E-state index contributed by atoms with van der Waals surface area (Å²) >= 11 is 0. The van der Waals surface area contributed by atoms with Crippen LogP contribution in [-0.4, -0.2) is 16.8 Å². The predicted octanol–water partition coefficient (Wildman–Crippen LogP) is 3.71. The molecule has 2 atom stereocenters. The van der Waals surface area contributed by atoms with Crippen LogP contribution in [0, 0.1) is 11.7 Å². The van der Waals surface area contributed by atoms with E-state index in [0.717, 1.165) is 30.6 Å². The van der Waals surface area contributed by atoms with Crippen LogP contribution in [0.2, 0.25) is 0 Å². The van der Waals surface area contributed by atoms with Gasteiger partial charge in [0.25, 0.3) is 0 Å². The summed E-state index contributed by atoms with van der Waals surface area (Å²) in [6.45, 7) is 0.503. The molecule has 2 aliphatic rings. The summed E-state index contributed by atoms with van der Waals surface area (Å²) < 4.78 is 18.7. The number of rotatable bonds is 5. The van der Waals surface area contributed by atoms with Gasteiger partial charge < -0.3 is 9.32 Å². The lowest BCUT2D eigenvalue weighted by Gasteiger charge is -2.23. The van der Waals surface area contributed by atoms with Crippen LogP contribution in [-0.2, 0) is 11.3 Å². The molecule has 2 aliphatic carbocycles. The molecule has 3 nitrogen and oxygen atoms in total. The fraction of sp³-hybridized carbons (Fsp3) is 0.389. The second-order valence-electron chi connectivity index (χ2n) is 6.29. The number of benzene rings is 1. The minimum Gasteiger partial charge on any atom is -0.469 e. The van der Waals surface area contributed by atoms with Gasteiger partial charge in [-0.2, -0.15) is 0 Å². The molecule has 22 heavy (non-hydrogen) atoms. The third kappa shape index (κ3) is 2.65. The summed E-state index contributed by atoms with van der Waals surface area (Å²) in [6, 6.07) is 10.6. The minimum atomic E-state index is -0.249. The van der Waals surface area contributed by atoms with E-state index in [-0.39, 0.29) is 23.6 Å². The first-order valence-corrected chi connectivity index (χ1v) is 7.80. The van der Waals surface area contributed by atoms with Crippen molar-refractivity contribution >= 4 is 5.91 Å². The van der Waals surface area contributed by atoms with Crippen LogP contribution >= 0.6 is 0 Å². The topological polar surface area (TPSA) is 33.5 Å². The van der Waals surface area contributed by atoms with E-state index >= 15 is 0 Å². The third-order valence-corrected chi connectivity index (χ3v) is 4.53. The molecule has 0 N–H and O–H groups in total. The maximum absolute atomic E-state index is 13.3. The van der Waals surface area contributed by atoms with Gasteiger partial charge in [-0.3, -0.25) is 4.79 Å². The van der Waals surface area contributed by atoms with Crippen LogP contribution in [0.15, 0.2) is 47.1 Å². The molecular formula is C18H18FNO2. The lowest BCUT2D eigenvalue weighted by atomic mass is 10.1. The number of furan rings is 1. The smallest absolute Gasteiger partial charge is 0.226 e. The number of nitrogens with zero attached hydrogens (tertiary/aromatic N) is 1. The Morgan fingerprint density at radius 1 is 1.27 bits per heavy atom. The molecule has 1 aromatic heterocycles. The monoisotopic (exact) mass is 299 g/mol. The van der Waals surface area contributed by atoms with Crippen LogP contribution in [0.3, 0.4) is 0 Å². The van der Waals surface area contributed by atoms with Crippen molar-refractivity contribution in [3.8, 4) is 0 Å². The first-order chi connectivity index (χ1) is 10.7. The van der Waals surface area contributed by atoms with Crippen molar-refractivity contribution in [2.45, 2.75) is 37.8 Å². The summed E-state index contributed by atoms with van der Waals surface area (Å²) in [5, 5.41) is 0. The molecule has 114 valence electrons. The second kappa shape index (κ2) is 5.27. The summed E-state index contributed by atoms with van der Waals surface area (Å²) in [6.07, 6.45) is 4.62. The Morgan fingerprint density at radius 3 is 2.82 bits per heavy atom. The van der Waals surface area contributed by atoms with Crippen molar-refractivity contribution in [1.29, 1.82) is 0 Å². The van der Waals surface area contributed by atoms with Crippen LogP contribution in [0.25, 0.3) is 0 Å². The quantitative estimate of drug-likeness (QED) is 0.843. The van der Waals surface area contributed by atoms with E-state index in [1.54, 1.807) is 12.3 Å². The molecular weight excluding hydrogens is 281 g/mol. The Bertz CT molecular complexity index is 678. The van der Waals surface area contributed by atoms with Gasteiger partial charge in [-0.25, -0.2) is 4.39 Å². The van der Waals surface area contributed by atoms with Crippen molar-refractivity contribution in [3.05, 3.63) is 59.8 Å². The summed E-state index contributed by atoms with van der Waals surface area (Å²) in [5.41, 5.74) is 0.857. The van der Waals surface area contributed by atoms with Crippen molar-refractivity contribution in [1.82, 2.24) is 4.90 Å². The third-order valence-electron chi connectivity index (χ3n) is 4.53. The average molecular weight is 299 g/mol. The van der Waals surface area contributed by atoms with Gasteiger partial charge in [-0.1, -0.05) is 12.1 Å². The fourth-order valence-corrected chi connectivity index (χ4v) is 3.10. The van der Waals surface area contributed by atoms with Gasteiger partial charge in [0, 0.05) is 24.4 Å². The molecule has 0 spiro atoms. The predicted molar refractivity (Wildman–Crippen MR) is 79.5 cm³/mol. The molecule has 0 radical (unpaired) electrons. The van der Waals surface area contributed by atoms with Gasteiger partial charge in [0.05, 0.1) is 6.26 Å². The van der Waals surface area contributed by atoms with Crippen LogP contribution in [0.1, 0.15) is 36.5 Å². The van der Waals surface area contributed by atoms with Gasteiger partial charge >= 0.3 is 0 Å².